The first-order valence-corrected chi connectivity index (χ1v) is 13.9. The van der Waals surface area contributed by atoms with Gasteiger partial charge in [0.25, 0.3) is 0 Å². The number of fused-ring (bicyclic) bond motifs is 1. The highest BCUT2D eigenvalue weighted by Gasteiger charge is 2.39. The number of halogens is 1. The van der Waals surface area contributed by atoms with Crippen LogP contribution in [0.2, 0.25) is 5.02 Å². The number of likely N-dealkylation sites (tertiary alicyclic amines) is 1. The molecular formula is C30H37ClN6O2. The predicted molar refractivity (Wildman–Crippen MR) is 157 cm³/mol. The summed E-state index contributed by atoms with van der Waals surface area (Å²) in [5.74, 6) is 1.54. The van der Waals surface area contributed by atoms with Crippen LogP contribution in [-0.2, 0) is 21.5 Å². The number of benzene rings is 2. The summed E-state index contributed by atoms with van der Waals surface area (Å²) in [4.78, 5) is 24.0. The lowest BCUT2D eigenvalue weighted by atomic mass is 9.83. The van der Waals surface area contributed by atoms with Crippen LogP contribution in [-0.4, -0.2) is 54.1 Å². The van der Waals surface area contributed by atoms with Gasteiger partial charge in [-0.3, -0.25) is 4.79 Å². The van der Waals surface area contributed by atoms with E-state index in [2.05, 4.69) is 55.9 Å². The molecule has 2 aromatic carbocycles. The third-order valence-corrected chi connectivity index (χ3v) is 8.14. The van der Waals surface area contributed by atoms with Gasteiger partial charge in [-0.1, -0.05) is 35.9 Å². The standard InChI is InChI=1S/C30H37ClN6O2/c1-19-15-20(22-8-6-12-37(18-22)13-14-39-4)10-11-24(19)35-29-33-17-23(31)27(36-29)32-16-21-7-5-9-25-26(21)30(2,3)28(38)34-25/h5,7,9-11,15,17,22H,6,8,12-14,16,18H2,1-4H3,(H,34,38)(H2,32,33,35,36). The molecule has 0 radical (unpaired) electrons. The van der Waals surface area contributed by atoms with Crippen LogP contribution in [0.1, 0.15) is 54.9 Å². The van der Waals surface area contributed by atoms with Gasteiger partial charge < -0.3 is 25.6 Å². The Morgan fingerprint density at radius 3 is 2.90 bits per heavy atom. The van der Waals surface area contributed by atoms with Crippen LogP contribution in [0.4, 0.5) is 23.1 Å². The van der Waals surface area contributed by atoms with Crippen LogP contribution in [0.5, 0.6) is 0 Å². The molecule has 3 aromatic rings. The molecule has 1 amide bonds. The monoisotopic (exact) mass is 548 g/mol. The fourth-order valence-corrected chi connectivity index (χ4v) is 5.82. The van der Waals surface area contributed by atoms with Crippen molar-refractivity contribution in [2.75, 3.05) is 49.3 Å². The van der Waals surface area contributed by atoms with Crippen LogP contribution in [0, 0.1) is 6.92 Å². The Labute approximate surface area is 235 Å². The summed E-state index contributed by atoms with van der Waals surface area (Å²) in [6.07, 6.45) is 4.01. The van der Waals surface area contributed by atoms with Crippen LogP contribution >= 0.6 is 11.6 Å². The van der Waals surface area contributed by atoms with E-state index in [0.717, 1.165) is 54.3 Å². The number of hydrogen-bond acceptors (Lipinski definition) is 7. The molecule has 3 N–H and O–H groups in total. The van der Waals surface area contributed by atoms with Crippen molar-refractivity contribution in [2.24, 2.45) is 0 Å². The topological polar surface area (TPSA) is 91.4 Å². The van der Waals surface area contributed by atoms with Crippen molar-refractivity contribution in [3.63, 3.8) is 0 Å². The van der Waals surface area contributed by atoms with Gasteiger partial charge >= 0.3 is 0 Å². The molecule has 1 atom stereocenters. The van der Waals surface area contributed by atoms with Crippen molar-refractivity contribution in [3.8, 4) is 0 Å². The number of anilines is 4. The molecule has 39 heavy (non-hydrogen) atoms. The van der Waals surface area contributed by atoms with Gasteiger partial charge in [0, 0.05) is 38.1 Å². The second kappa shape index (κ2) is 11.5. The summed E-state index contributed by atoms with van der Waals surface area (Å²) in [6.45, 7) is 10.4. The number of nitrogens with one attached hydrogen (secondary N) is 3. The minimum Gasteiger partial charge on any atom is -0.383 e. The molecule has 1 aromatic heterocycles. The summed E-state index contributed by atoms with van der Waals surface area (Å²) in [5.41, 5.74) is 5.76. The number of hydrogen-bond donors (Lipinski definition) is 3. The molecule has 0 aliphatic carbocycles. The third-order valence-electron chi connectivity index (χ3n) is 7.87. The quantitative estimate of drug-likeness (QED) is 0.309. The van der Waals surface area contributed by atoms with Gasteiger partial charge in [-0.2, -0.15) is 4.98 Å². The van der Waals surface area contributed by atoms with Crippen LogP contribution < -0.4 is 16.0 Å². The SMILES string of the molecule is COCCN1CCCC(c2ccc(Nc3ncc(Cl)c(NCc4cccc5c4C(C)(C)C(=O)N5)n3)c(C)c2)C1. The number of aryl methyl sites for hydroxylation is 1. The Morgan fingerprint density at radius 1 is 1.26 bits per heavy atom. The number of amides is 1. The number of piperidine rings is 1. The second-order valence-corrected chi connectivity index (χ2v) is 11.4. The average molecular weight is 549 g/mol. The van der Waals surface area contributed by atoms with E-state index in [1.807, 2.05) is 32.0 Å². The summed E-state index contributed by atoms with van der Waals surface area (Å²) in [7, 11) is 1.76. The Hall–Kier alpha value is -3.20. The van der Waals surface area contributed by atoms with E-state index >= 15 is 0 Å². The molecule has 5 rings (SSSR count). The van der Waals surface area contributed by atoms with E-state index in [-0.39, 0.29) is 5.91 Å². The maximum atomic E-state index is 12.5. The lowest BCUT2D eigenvalue weighted by Crippen LogP contribution is -2.36. The Kier molecular flexibility index (Phi) is 8.07. The predicted octanol–water partition coefficient (Wildman–Crippen LogP) is 5.85. The average Bonchev–Trinajstić information content (AvgIpc) is 3.17. The van der Waals surface area contributed by atoms with Gasteiger partial charge in [0.05, 0.1) is 18.2 Å². The van der Waals surface area contributed by atoms with Crippen molar-refractivity contribution in [2.45, 2.75) is 51.5 Å². The highest BCUT2D eigenvalue weighted by atomic mass is 35.5. The molecule has 206 valence electrons. The molecule has 0 saturated carbocycles. The molecule has 1 fully saturated rings. The summed E-state index contributed by atoms with van der Waals surface area (Å²) >= 11 is 6.45. The summed E-state index contributed by atoms with van der Waals surface area (Å²) in [5, 5.41) is 10.1. The van der Waals surface area contributed by atoms with E-state index < -0.39 is 5.41 Å². The molecule has 3 heterocycles. The minimum absolute atomic E-state index is 0.00444. The van der Waals surface area contributed by atoms with Crippen molar-refractivity contribution in [3.05, 3.63) is 69.9 Å². The Balaban J connectivity index is 1.27. The largest absolute Gasteiger partial charge is 0.383 e. The maximum Gasteiger partial charge on any atom is 0.234 e. The van der Waals surface area contributed by atoms with Crippen LogP contribution in [0.25, 0.3) is 0 Å². The first-order valence-electron chi connectivity index (χ1n) is 13.6. The highest BCUT2D eigenvalue weighted by Crippen LogP contribution is 2.40. The number of methoxy groups -OCH3 is 1. The highest BCUT2D eigenvalue weighted by molar-refractivity contribution is 6.32. The van der Waals surface area contributed by atoms with Gasteiger partial charge in [-0.25, -0.2) is 4.98 Å². The summed E-state index contributed by atoms with van der Waals surface area (Å²) < 4.78 is 5.27. The van der Waals surface area contributed by atoms with Crippen LogP contribution in [0.3, 0.4) is 0 Å². The molecule has 0 bridgehead atoms. The zero-order valence-electron chi connectivity index (χ0n) is 23.1. The fourth-order valence-electron chi connectivity index (χ4n) is 5.66. The van der Waals surface area contributed by atoms with Crippen molar-refractivity contribution >= 4 is 40.6 Å². The zero-order chi connectivity index (χ0) is 27.6. The third kappa shape index (κ3) is 5.88. The number of aromatic nitrogens is 2. The first kappa shape index (κ1) is 27.4. The minimum atomic E-state index is -0.598. The van der Waals surface area contributed by atoms with Crippen LogP contribution in [0.15, 0.2) is 42.6 Å². The van der Waals surface area contributed by atoms with Gasteiger partial charge in [-0.05, 0) is 80.5 Å². The smallest absolute Gasteiger partial charge is 0.234 e. The van der Waals surface area contributed by atoms with E-state index in [9.17, 15) is 4.79 Å². The molecule has 1 saturated heterocycles. The number of ether oxygens (including phenoxy) is 1. The molecule has 2 aliphatic heterocycles. The fraction of sp³-hybridized carbons (Fsp3) is 0.433. The first-order chi connectivity index (χ1) is 18.8. The van der Waals surface area contributed by atoms with Crippen molar-refractivity contribution in [1.82, 2.24) is 14.9 Å². The number of nitrogens with zero attached hydrogens (tertiary/aromatic N) is 3. The molecule has 0 spiro atoms. The molecule has 8 nitrogen and oxygen atoms in total. The Morgan fingerprint density at radius 2 is 2.10 bits per heavy atom. The zero-order valence-corrected chi connectivity index (χ0v) is 23.9. The van der Waals surface area contributed by atoms with E-state index in [4.69, 9.17) is 16.3 Å². The van der Waals surface area contributed by atoms with Gasteiger partial charge in [0.2, 0.25) is 11.9 Å². The van der Waals surface area contributed by atoms with Gasteiger partial charge in [0.1, 0.15) is 5.02 Å². The normalized spacial score (nSPS) is 18.5. The molecule has 1 unspecified atom stereocenters. The van der Waals surface area contributed by atoms with Gasteiger partial charge in [-0.15, -0.1) is 0 Å². The molecule has 9 heteroatoms. The Bertz CT molecular complexity index is 1360. The van der Waals surface area contributed by atoms with Gasteiger partial charge in [0.15, 0.2) is 5.82 Å². The van der Waals surface area contributed by atoms with Crippen molar-refractivity contribution in [1.29, 1.82) is 0 Å². The molecular weight excluding hydrogens is 512 g/mol. The maximum absolute atomic E-state index is 12.5. The number of carbonyl (C=O) groups is 1. The molecule has 2 aliphatic rings. The lowest BCUT2D eigenvalue weighted by molar-refractivity contribution is -0.119. The lowest BCUT2D eigenvalue weighted by Gasteiger charge is -2.33. The van der Waals surface area contributed by atoms with E-state index in [1.54, 1.807) is 13.3 Å². The number of carbonyl (C=O) groups excluding carboxylic acids is 1. The summed E-state index contributed by atoms with van der Waals surface area (Å²) in [6, 6.07) is 12.5. The number of rotatable bonds is 9. The second-order valence-electron chi connectivity index (χ2n) is 11.0. The van der Waals surface area contributed by atoms with Crippen molar-refractivity contribution < 1.29 is 9.53 Å². The van der Waals surface area contributed by atoms with E-state index in [1.165, 1.54) is 18.4 Å². The van der Waals surface area contributed by atoms with E-state index in [0.29, 0.717) is 29.3 Å².